The topological polar surface area (TPSA) is 80.4 Å². The van der Waals surface area contributed by atoms with E-state index in [1.807, 2.05) is 19.1 Å². The van der Waals surface area contributed by atoms with Gasteiger partial charge in [-0.15, -0.1) is 0 Å². The van der Waals surface area contributed by atoms with E-state index in [0.29, 0.717) is 10.7 Å². The van der Waals surface area contributed by atoms with Gasteiger partial charge in [0.15, 0.2) is 0 Å². The van der Waals surface area contributed by atoms with Gasteiger partial charge in [-0.2, -0.15) is 5.10 Å². The number of nitro groups is 1. The minimum Gasteiger partial charge on any atom is -0.277 e. The molecule has 1 aromatic heterocycles. The van der Waals surface area contributed by atoms with Gasteiger partial charge >= 0.3 is 0 Å². The zero-order chi connectivity index (χ0) is 17.1. The average molecular weight is 341 g/mol. The maximum Gasteiger partial charge on any atom is 0.269 e. The molecule has 24 heavy (non-hydrogen) atoms. The summed E-state index contributed by atoms with van der Waals surface area (Å²) in [5.74, 6) is 0. The molecule has 0 amide bonds. The first-order valence-corrected chi connectivity index (χ1v) is 7.52. The Balaban J connectivity index is 1.86. The summed E-state index contributed by atoms with van der Waals surface area (Å²) >= 11 is 5.98. The van der Waals surface area contributed by atoms with Crippen LogP contribution in [0.1, 0.15) is 12.5 Å². The van der Waals surface area contributed by atoms with Gasteiger partial charge in [0.1, 0.15) is 0 Å². The minimum atomic E-state index is -0.428. The lowest BCUT2D eigenvalue weighted by Gasteiger charge is -2.07. The molecule has 0 unspecified atom stereocenters. The molecule has 6 nitrogen and oxygen atoms in total. The number of nitrogens with zero attached hydrogens (tertiary/aromatic N) is 3. The highest BCUT2D eigenvalue weighted by molar-refractivity contribution is 6.31. The van der Waals surface area contributed by atoms with E-state index in [1.54, 1.807) is 30.5 Å². The molecule has 0 aliphatic carbocycles. The fourth-order valence-electron chi connectivity index (χ4n) is 2.25. The molecule has 0 saturated heterocycles. The van der Waals surface area contributed by atoms with E-state index in [1.165, 1.54) is 12.1 Å². The van der Waals surface area contributed by atoms with Gasteiger partial charge in [0.05, 0.1) is 21.8 Å². The second-order valence-corrected chi connectivity index (χ2v) is 5.57. The predicted octanol–water partition coefficient (Wildman–Crippen LogP) is 4.63. The molecule has 1 heterocycles. The highest BCUT2D eigenvalue weighted by Gasteiger charge is 2.06. The van der Waals surface area contributed by atoms with Crippen LogP contribution in [0.2, 0.25) is 5.02 Å². The summed E-state index contributed by atoms with van der Waals surface area (Å²) in [5.41, 5.74) is 6.16. The quantitative estimate of drug-likeness (QED) is 0.426. The number of nitrogens with one attached hydrogen (secondary N) is 1. The summed E-state index contributed by atoms with van der Waals surface area (Å²) in [6.07, 6.45) is 1.68. The van der Waals surface area contributed by atoms with Crippen LogP contribution in [0.5, 0.6) is 0 Å². The lowest BCUT2D eigenvalue weighted by atomic mass is 10.1. The molecule has 3 aromatic rings. The van der Waals surface area contributed by atoms with Crippen LogP contribution < -0.4 is 5.43 Å². The van der Waals surface area contributed by atoms with Crippen molar-refractivity contribution in [2.45, 2.75) is 6.92 Å². The first-order chi connectivity index (χ1) is 11.5. The lowest BCUT2D eigenvalue weighted by molar-refractivity contribution is -0.384. The minimum absolute atomic E-state index is 0.0523. The molecule has 0 aliphatic rings. The summed E-state index contributed by atoms with van der Waals surface area (Å²) in [4.78, 5) is 14.5. The summed E-state index contributed by atoms with van der Waals surface area (Å²) in [6.45, 7) is 1.83. The molecule has 120 valence electrons. The Morgan fingerprint density at radius 1 is 1.21 bits per heavy atom. The van der Waals surface area contributed by atoms with E-state index in [0.717, 1.165) is 22.2 Å². The Labute approximate surface area is 142 Å². The first-order valence-electron chi connectivity index (χ1n) is 7.14. The van der Waals surface area contributed by atoms with Crippen LogP contribution in [-0.4, -0.2) is 15.6 Å². The number of halogens is 1. The smallest absolute Gasteiger partial charge is 0.269 e. The molecular weight excluding hydrogens is 328 g/mol. The van der Waals surface area contributed by atoms with Gasteiger partial charge in [0, 0.05) is 28.7 Å². The summed E-state index contributed by atoms with van der Waals surface area (Å²) in [7, 11) is 0. The van der Waals surface area contributed by atoms with E-state index in [2.05, 4.69) is 15.5 Å². The van der Waals surface area contributed by atoms with Gasteiger partial charge in [-0.25, -0.2) is 0 Å². The summed E-state index contributed by atoms with van der Waals surface area (Å²) in [5, 5.41) is 16.6. The molecular formula is C17H13ClN4O2. The number of benzene rings is 2. The van der Waals surface area contributed by atoms with E-state index in [9.17, 15) is 10.1 Å². The van der Waals surface area contributed by atoms with Crippen molar-refractivity contribution in [2.75, 3.05) is 5.43 Å². The van der Waals surface area contributed by atoms with Crippen molar-refractivity contribution in [1.29, 1.82) is 0 Å². The third-order valence-electron chi connectivity index (χ3n) is 3.54. The number of rotatable bonds is 4. The number of hydrogen-bond acceptors (Lipinski definition) is 5. The predicted molar refractivity (Wildman–Crippen MR) is 95.7 cm³/mol. The molecule has 7 heteroatoms. The fourth-order valence-corrected chi connectivity index (χ4v) is 2.42. The van der Waals surface area contributed by atoms with Gasteiger partial charge in [-0.1, -0.05) is 11.6 Å². The number of aromatic nitrogens is 1. The molecule has 0 aliphatic heterocycles. The number of pyridine rings is 1. The normalized spacial score (nSPS) is 11.5. The Bertz CT molecular complexity index is 939. The Hall–Kier alpha value is -2.99. The monoisotopic (exact) mass is 340 g/mol. The van der Waals surface area contributed by atoms with E-state index >= 15 is 0 Å². The molecule has 0 bridgehead atoms. The van der Waals surface area contributed by atoms with Gasteiger partial charge < -0.3 is 0 Å². The van der Waals surface area contributed by atoms with Crippen molar-refractivity contribution in [2.24, 2.45) is 5.10 Å². The highest BCUT2D eigenvalue weighted by atomic mass is 35.5. The van der Waals surface area contributed by atoms with Crippen LogP contribution >= 0.6 is 11.6 Å². The largest absolute Gasteiger partial charge is 0.277 e. The SMILES string of the molecule is C/C(=N/Nc1ccnc2cc(Cl)ccc12)c1ccc([N+](=O)[O-])cc1. The molecule has 2 aromatic carbocycles. The summed E-state index contributed by atoms with van der Waals surface area (Å²) in [6, 6.07) is 13.5. The van der Waals surface area contributed by atoms with Crippen molar-refractivity contribution in [3.8, 4) is 0 Å². The van der Waals surface area contributed by atoms with Gasteiger partial charge in [0.25, 0.3) is 5.69 Å². The summed E-state index contributed by atoms with van der Waals surface area (Å²) < 4.78 is 0. The Morgan fingerprint density at radius 3 is 2.67 bits per heavy atom. The molecule has 0 fully saturated rings. The van der Waals surface area contributed by atoms with Crippen LogP contribution in [0.3, 0.4) is 0 Å². The second-order valence-electron chi connectivity index (χ2n) is 5.13. The number of hydrazone groups is 1. The van der Waals surface area contributed by atoms with Gasteiger partial charge in [-0.3, -0.25) is 20.5 Å². The lowest BCUT2D eigenvalue weighted by Crippen LogP contribution is -2.00. The van der Waals surface area contributed by atoms with Crippen molar-refractivity contribution >= 4 is 39.6 Å². The third kappa shape index (κ3) is 3.33. The molecule has 3 rings (SSSR count). The van der Waals surface area contributed by atoms with Crippen LogP contribution in [0, 0.1) is 10.1 Å². The van der Waals surface area contributed by atoms with Crippen LogP contribution in [0.15, 0.2) is 59.8 Å². The number of hydrogen-bond donors (Lipinski definition) is 1. The number of non-ortho nitro benzene ring substituents is 1. The van der Waals surface area contributed by atoms with Crippen LogP contribution in [0.25, 0.3) is 10.9 Å². The molecule has 0 radical (unpaired) electrons. The van der Waals surface area contributed by atoms with Crippen LogP contribution in [-0.2, 0) is 0 Å². The maximum atomic E-state index is 10.7. The fraction of sp³-hybridized carbons (Fsp3) is 0.0588. The van der Waals surface area contributed by atoms with E-state index in [-0.39, 0.29) is 5.69 Å². The molecule has 1 N–H and O–H groups in total. The van der Waals surface area contributed by atoms with E-state index < -0.39 is 4.92 Å². The number of anilines is 1. The Morgan fingerprint density at radius 2 is 1.96 bits per heavy atom. The van der Waals surface area contributed by atoms with E-state index in [4.69, 9.17) is 11.6 Å². The van der Waals surface area contributed by atoms with Crippen molar-refractivity contribution in [3.05, 3.63) is 75.4 Å². The van der Waals surface area contributed by atoms with Gasteiger partial charge in [-0.05, 0) is 48.9 Å². The highest BCUT2D eigenvalue weighted by Crippen LogP contribution is 2.24. The zero-order valence-corrected chi connectivity index (χ0v) is 13.5. The zero-order valence-electron chi connectivity index (χ0n) is 12.7. The van der Waals surface area contributed by atoms with Crippen molar-refractivity contribution in [3.63, 3.8) is 0 Å². The van der Waals surface area contributed by atoms with Crippen molar-refractivity contribution < 1.29 is 4.92 Å². The standard InChI is InChI=1S/C17H13ClN4O2/c1-11(12-2-5-14(6-3-12)22(23)24)20-21-16-8-9-19-17-10-13(18)4-7-15(16)17/h2-10H,1H3,(H,19,21)/b20-11-. The maximum absolute atomic E-state index is 10.7. The molecule has 0 atom stereocenters. The molecule has 0 spiro atoms. The third-order valence-corrected chi connectivity index (χ3v) is 3.78. The first kappa shape index (κ1) is 15.9. The number of fused-ring (bicyclic) bond motifs is 1. The second kappa shape index (κ2) is 6.64. The van der Waals surface area contributed by atoms with Crippen LogP contribution in [0.4, 0.5) is 11.4 Å². The molecule has 0 saturated carbocycles. The number of nitro benzene ring substituents is 1. The van der Waals surface area contributed by atoms with Gasteiger partial charge in [0.2, 0.25) is 0 Å². The Kier molecular flexibility index (Phi) is 4.39. The average Bonchev–Trinajstić information content (AvgIpc) is 2.59. The van der Waals surface area contributed by atoms with Crippen molar-refractivity contribution in [1.82, 2.24) is 4.98 Å².